The molecule has 4 aromatic rings. The van der Waals surface area contributed by atoms with E-state index in [1.807, 2.05) is 49.4 Å². The summed E-state index contributed by atoms with van der Waals surface area (Å²) in [5.74, 6) is -0.417. The highest BCUT2D eigenvalue weighted by Crippen LogP contribution is 2.18. The second-order valence-corrected chi connectivity index (χ2v) is 7.19. The van der Waals surface area contributed by atoms with Crippen LogP contribution in [-0.2, 0) is 6.54 Å². The number of nitrogens with two attached hydrogens (primary N) is 1. The molecule has 3 N–H and O–H groups in total. The Kier molecular flexibility index (Phi) is 5.73. The summed E-state index contributed by atoms with van der Waals surface area (Å²) in [6.07, 6.45) is 0. The minimum absolute atomic E-state index is 0.101. The Morgan fingerprint density at radius 2 is 1.65 bits per heavy atom. The van der Waals surface area contributed by atoms with Crippen LogP contribution in [0.2, 0.25) is 0 Å². The summed E-state index contributed by atoms with van der Waals surface area (Å²) in [6, 6.07) is 25.3. The fourth-order valence-electron chi connectivity index (χ4n) is 3.36. The molecule has 0 unspecified atom stereocenters. The molecular weight excluding hydrogens is 388 g/mol. The minimum Gasteiger partial charge on any atom is -0.326 e. The molecule has 4 rings (SSSR count). The van der Waals surface area contributed by atoms with Gasteiger partial charge in [0.15, 0.2) is 5.78 Å². The Bertz CT molecular complexity index is 1250. The topological polar surface area (TPSA) is 90.0 Å². The van der Waals surface area contributed by atoms with Crippen LogP contribution in [0.1, 0.15) is 37.7 Å². The first-order valence-electron chi connectivity index (χ1n) is 9.92. The van der Waals surface area contributed by atoms with Crippen LogP contribution in [-0.4, -0.2) is 21.5 Å². The number of nitrogens with zero attached hydrogens (tertiary/aromatic N) is 2. The maximum Gasteiger partial charge on any atom is 0.274 e. The summed E-state index contributed by atoms with van der Waals surface area (Å²) >= 11 is 0. The fraction of sp³-hybridized carbons (Fsp3) is 0.0800. The van der Waals surface area contributed by atoms with E-state index in [-0.39, 0.29) is 11.7 Å². The van der Waals surface area contributed by atoms with E-state index >= 15 is 0 Å². The summed E-state index contributed by atoms with van der Waals surface area (Å²) in [4.78, 5) is 25.8. The van der Waals surface area contributed by atoms with E-state index in [0.717, 1.165) is 16.9 Å². The molecule has 154 valence electrons. The highest BCUT2D eigenvalue weighted by Gasteiger charge is 2.17. The number of ketones is 1. The summed E-state index contributed by atoms with van der Waals surface area (Å²) in [5, 5.41) is 7.35. The predicted octanol–water partition coefficient (Wildman–Crippen LogP) is 4.12. The lowest BCUT2D eigenvalue weighted by Gasteiger charge is -2.10. The lowest BCUT2D eigenvalue weighted by Crippen LogP contribution is -2.17. The summed E-state index contributed by atoms with van der Waals surface area (Å²) in [7, 11) is 0. The smallest absolute Gasteiger partial charge is 0.274 e. The average molecular weight is 410 g/mol. The first-order valence-corrected chi connectivity index (χ1v) is 9.92. The molecule has 31 heavy (non-hydrogen) atoms. The Morgan fingerprint density at radius 1 is 0.903 bits per heavy atom. The third-order valence-electron chi connectivity index (χ3n) is 4.87. The largest absolute Gasteiger partial charge is 0.326 e. The van der Waals surface area contributed by atoms with Crippen molar-refractivity contribution in [3.63, 3.8) is 0 Å². The maximum atomic E-state index is 13.0. The Labute approximate surface area is 180 Å². The van der Waals surface area contributed by atoms with Gasteiger partial charge in [0.1, 0.15) is 5.69 Å². The first-order chi connectivity index (χ1) is 15.0. The van der Waals surface area contributed by atoms with Crippen molar-refractivity contribution in [2.45, 2.75) is 13.5 Å². The van der Waals surface area contributed by atoms with E-state index in [0.29, 0.717) is 29.1 Å². The van der Waals surface area contributed by atoms with Crippen LogP contribution in [0.5, 0.6) is 0 Å². The minimum atomic E-state index is -0.317. The van der Waals surface area contributed by atoms with E-state index in [2.05, 4.69) is 10.4 Å². The molecule has 0 saturated heterocycles. The van der Waals surface area contributed by atoms with Gasteiger partial charge in [-0.05, 0) is 42.8 Å². The molecule has 0 atom stereocenters. The van der Waals surface area contributed by atoms with Gasteiger partial charge in [-0.2, -0.15) is 5.10 Å². The molecule has 1 heterocycles. The van der Waals surface area contributed by atoms with E-state index < -0.39 is 0 Å². The number of nitrogens with one attached hydrogen (secondary N) is 1. The van der Waals surface area contributed by atoms with E-state index in [9.17, 15) is 9.59 Å². The zero-order valence-corrected chi connectivity index (χ0v) is 17.1. The van der Waals surface area contributed by atoms with Crippen molar-refractivity contribution >= 4 is 17.4 Å². The lowest BCUT2D eigenvalue weighted by molar-refractivity contribution is 0.101. The molecule has 0 bridgehead atoms. The van der Waals surface area contributed by atoms with Gasteiger partial charge >= 0.3 is 0 Å². The SMILES string of the molecule is Cc1cc(C(=O)Nc2cccc(C(=O)c3ccccc3)c2)n(-c2cccc(CN)c2)n1. The van der Waals surface area contributed by atoms with Crippen molar-refractivity contribution in [1.82, 2.24) is 9.78 Å². The third kappa shape index (κ3) is 4.44. The number of carbonyl (C=O) groups excluding carboxylic acids is 2. The lowest BCUT2D eigenvalue weighted by atomic mass is 10.0. The second kappa shape index (κ2) is 8.77. The Balaban J connectivity index is 1.60. The quantitative estimate of drug-likeness (QED) is 0.468. The number of benzene rings is 3. The van der Waals surface area contributed by atoms with Gasteiger partial charge in [0.25, 0.3) is 5.91 Å². The summed E-state index contributed by atoms with van der Waals surface area (Å²) in [6.45, 7) is 2.23. The van der Waals surface area contributed by atoms with Crippen LogP contribution in [0.4, 0.5) is 5.69 Å². The van der Waals surface area contributed by atoms with Gasteiger partial charge in [0.05, 0.1) is 11.4 Å². The molecular formula is C25H22N4O2. The van der Waals surface area contributed by atoms with Crippen LogP contribution >= 0.6 is 0 Å². The number of hydrogen-bond donors (Lipinski definition) is 2. The highest BCUT2D eigenvalue weighted by atomic mass is 16.2. The molecule has 0 spiro atoms. The van der Waals surface area contributed by atoms with Crippen LogP contribution < -0.4 is 11.1 Å². The van der Waals surface area contributed by atoms with Gasteiger partial charge in [-0.25, -0.2) is 4.68 Å². The Hall–Kier alpha value is -4.03. The average Bonchev–Trinajstić information content (AvgIpc) is 3.21. The van der Waals surface area contributed by atoms with Gasteiger partial charge < -0.3 is 11.1 Å². The molecule has 0 aliphatic heterocycles. The van der Waals surface area contributed by atoms with Crippen molar-refractivity contribution in [2.24, 2.45) is 5.73 Å². The van der Waals surface area contributed by atoms with Crippen molar-refractivity contribution in [3.8, 4) is 5.69 Å². The number of aryl methyl sites for hydroxylation is 1. The molecule has 0 saturated carbocycles. The van der Waals surface area contributed by atoms with Crippen molar-refractivity contribution < 1.29 is 9.59 Å². The van der Waals surface area contributed by atoms with Crippen molar-refractivity contribution in [3.05, 3.63) is 113 Å². The first kappa shape index (κ1) is 20.3. The van der Waals surface area contributed by atoms with Crippen molar-refractivity contribution in [1.29, 1.82) is 0 Å². The number of amides is 1. The zero-order valence-electron chi connectivity index (χ0n) is 17.1. The standard InChI is InChI=1S/C25H22N4O2/c1-17-13-23(29(28-17)22-12-5-7-18(14-22)16-26)25(31)27-21-11-6-10-20(15-21)24(30)19-8-3-2-4-9-19/h2-15H,16,26H2,1H3,(H,27,31). The summed E-state index contributed by atoms with van der Waals surface area (Å²) in [5.41, 5.74) is 10.2. The van der Waals surface area contributed by atoms with Crippen LogP contribution in [0.15, 0.2) is 84.9 Å². The predicted molar refractivity (Wildman–Crippen MR) is 120 cm³/mol. The molecule has 3 aromatic carbocycles. The molecule has 6 heteroatoms. The third-order valence-corrected chi connectivity index (χ3v) is 4.87. The summed E-state index contributed by atoms with van der Waals surface area (Å²) < 4.78 is 1.60. The molecule has 6 nitrogen and oxygen atoms in total. The number of aromatic nitrogens is 2. The number of hydrogen-bond acceptors (Lipinski definition) is 4. The molecule has 0 radical (unpaired) electrons. The van der Waals surface area contributed by atoms with E-state index in [1.54, 1.807) is 47.1 Å². The molecule has 1 aromatic heterocycles. The number of carbonyl (C=O) groups is 2. The van der Waals surface area contributed by atoms with Crippen molar-refractivity contribution in [2.75, 3.05) is 5.32 Å². The van der Waals surface area contributed by atoms with Crippen LogP contribution in [0, 0.1) is 6.92 Å². The van der Waals surface area contributed by atoms with E-state index in [1.165, 1.54) is 0 Å². The number of anilines is 1. The highest BCUT2D eigenvalue weighted by molar-refractivity contribution is 6.10. The van der Waals surface area contributed by atoms with Gasteiger partial charge in [-0.3, -0.25) is 9.59 Å². The molecule has 0 aliphatic carbocycles. The monoisotopic (exact) mass is 410 g/mol. The van der Waals surface area contributed by atoms with Crippen LogP contribution in [0.25, 0.3) is 5.69 Å². The molecule has 0 fully saturated rings. The molecule has 1 amide bonds. The van der Waals surface area contributed by atoms with Crippen LogP contribution in [0.3, 0.4) is 0 Å². The van der Waals surface area contributed by atoms with Gasteiger partial charge in [0.2, 0.25) is 0 Å². The Morgan fingerprint density at radius 3 is 2.42 bits per heavy atom. The zero-order chi connectivity index (χ0) is 21.8. The van der Waals surface area contributed by atoms with Gasteiger partial charge in [0, 0.05) is 23.4 Å². The molecule has 0 aliphatic rings. The van der Waals surface area contributed by atoms with E-state index in [4.69, 9.17) is 5.73 Å². The van der Waals surface area contributed by atoms with Gasteiger partial charge in [-0.15, -0.1) is 0 Å². The second-order valence-electron chi connectivity index (χ2n) is 7.19. The van der Waals surface area contributed by atoms with Gasteiger partial charge in [-0.1, -0.05) is 54.6 Å². The fourth-order valence-corrected chi connectivity index (χ4v) is 3.36. The normalized spacial score (nSPS) is 10.6. The maximum absolute atomic E-state index is 13.0. The number of rotatable bonds is 6.